The highest BCUT2D eigenvalue weighted by Crippen LogP contribution is 2.25. The molecule has 0 amide bonds. The van der Waals surface area contributed by atoms with E-state index in [4.69, 9.17) is 0 Å². The van der Waals surface area contributed by atoms with E-state index < -0.39 is 0 Å². The van der Waals surface area contributed by atoms with E-state index in [9.17, 15) is 4.79 Å². The normalized spacial score (nSPS) is 15.4. The van der Waals surface area contributed by atoms with Crippen molar-refractivity contribution in [2.45, 2.75) is 45.6 Å². The molecule has 0 saturated carbocycles. The van der Waals surface area contributed by atoms with Gasteiger partial charge < -0.3 is 4.90 Å². The van der Waals surface area contributed by atoms with Crippen molar-refractivity contribution >= 4 is 5.82 Å². The van der Waals surface area contributed by atoms with E-state index >= 15 is 0 Å². The molecule has 30 heavy (non-hydrogen) atoms. The second-order valence-corrected chi connectivity index (χ2v) is 8.93. The molecule has 3 aromatic rings. The Morgan fingerprint density at radius 2 is 1.70 bits per heavy atom. The van der Waals surface area contributed by atoms with Gasteiger partial charge in [-0.05, 0) is 49.1 Å². The van der Waals surface area contributed by atoms with Crippen LogP contribution in [0.15, 0.2) is 53.6 Å². The first-order chi connectivity index (χ1) is 14.4. The summed E-state index contributed by atoms with van der Waals surface area (Å²) in [5.74, 6) is 1.34. The van der Waals surface area contributed by atoms with E-state index in [0.29, 0.717) is 12.5 Å². The maximum atomic E-state index is 12.3. The van der Waals surface area contributed by atoms with Crippen molar-refractivity contribution < 1.29 is 0 Å². The molecule has 1 saturated heterocycles. The molecule has 0 aromatic carbocycles. The number of rotatable bonds is 4. The summed E-state index contributed by atoms with van der Waals surface area (Å²) in [5.41, 5.74) is 2.71. The Hall–Kier alpha value is -3.09. The van der Waals surface area contributed by atoms with Gasteiger partial charge in [-0.3, -0.25) is 9.78 Å². The zero-order valence-corrected chi connectivity index (χ0v) is 17.8. The quantitative estimate of drug-likeness (QED) is 0.664. The molecule has 1 aliphatic rings. The lowest BCUT2D eigenvalue weighted by molar-refractivity contribution is 0.334. The van der Waals surface area contributed by atoms with Gasteiger partial charge in [0.05, 0.1) is 11.4 Å². The van der Waals surface area contributed by atoms with E-state index in [1.165, 1.54) is 0 Å². The molecule has 1 aliphatic heterocycles. The van der Waals surface area contributed by atoms with Crippen molar-refractivity contribution in [1.82, 2.24) is 25.0 Å². The topological polar surface area (TPSA) is 76.8 Å². The summed E-state index contributed by atoms with van der Waals surface area (Å²) in [6.45, 7) is 8.88. The largest absolute Gasteiger partial charge is 0.355 e. The van der Waals surface area contributed by atoms with E-state index in [1.54, 1.807) is 29.2 Å². The van der Waals surface area contributed by atoms with Crippen LogP contribution in [0.2, 0.25) is 0 Å². The Morgan fingerprint density at radius 1 is 0.967 bits per heavy atom. The van der Waals surface area contributed by atoms with Crippen LogP contribution in [0.25, 0.3) is 11.3 Å². The van der Waals surface area contributed by atoms with E-state index in [0.717, 1.165) is 48.7 Å². The Labute approximate surface area is 176 Å². The van der Waals surface area contributed by atoms with Gasteiger partial charge in [0.1, 0.15) is 0 Å². The lowest BCUT2D eigenvalue weighted by Crippen LogP contribution is -2.37. The Balaban J connectivity index is 1.40. The summed E-state index contributed by atoms with van der Waals surface area (Å²) in [6, 6.07) is 11.3. The summed E-state index contributed by atoms with van der Waals surface area (Å²) < 4.78 is 1.61. The Morgan fingerprint density at radius 3 is 2.33 bits per heavy atom. The molecule has 4 heterocycles. The molecular formula is C23H28N6O. The maximum Gasteiger partial charge on any atom is 0.266 e. The SMILES string of the molecule is CC(C)(C)c1ccc(N2CCC(Cn3nc(-c4ccncc4)ccc3=O)CC2)nn1. The van der Waals surface area contributed by atoms with Gasteiger partial charge in [-0.1, -0.05) is 20.8 Å². The standard InChI is InChI=1S/C23H28N6O/c1-23(2,3)20-5-6-21(26-25-20)28-14-10-17(11-15-28)16-29-22(30)7-4-19(27-29)18-8-12-24-13-9-18/h4-9,12-13,17H,10-11,14-16H2,1-3H3. The van der Waals surface area contributed by atoms with E-state index in [2.05, 4.69) is 58.1 Å². The predicted molar refractivity (Wildman–Crippen MR) is 117 cm³/mol. The number of piperidine rings is 1. The molecule has 0 N–H and O–H groups in total. The number of pyridine rings is 1. The second kappa shape index (κ2) is 8.34. The van der Waals surface area contributed by atoms with Crippen molar-refractivity contribution in [2.75, 3.05) is 18.0 Å². The molecule has 0 radical (unpaired) electrons. The highest BCUT2D eigenvalue weighted by atomic mass is 16.1. The first kappa shape index (κ1) is 20.2. The number of hydrogen-bond donors (Lipinski definition) is 0. The van der Waals surface area contributed by atoms with Crippen LogP contribution in [0.3, 0.4) is 0 Å². The first-order valence-corrected chi connectivity index (χ1v) is 10.5. The molecule has 7 heteroatoms. The van der Waals surface area contributed by atoms with Crippen molar-refractivity contribution in [3.05, 3.63) is 64.8 Å². The number of nitrogens with zero attached hydrogens (tertiary/aromatic N) is 6. The third-order valence-electron chi connectivity index (χ3n) is 5.63. The fourth-order valence-corrected chi connectivity index (χ4v) is 3.74. The predicted octanol–water partition coefficient (Wildman–Crippen LogP) is 3.31. The highest BCUT2D eigenvalue weighted by Gasteiger charge is 2.23. The number of anilines is 1. The first-order valence-electron chi connectivity index (χ1n) is 10.5. The molecule has 0 spiro atoms. The third-order valence-corrected chi connectivity index (χ3v) is 5.63. The lowest BCUT2D eigenvalue weighted by Gasteiger charge is -2.32. The minimum atomic E-state index is -0.0566. The molecule has 156 valence electrons. The molecule has 1 fully saturated rings. The summed E-state index contributed by atoms with van der Waals surface area (Å²) in [7, 11) is 0. The van der Waals surface area contributed by atoms with Crippen molar-refractivity contribution in [3.8, 4) is 11.3 Å². The molecule has 3 aromatic heterocycles. The summed E-state index contributed by atoms with van der Waals surface area (Å²) >= 11 is 0. The molecule has 7 nitrogen and oxygen atoms in total. The summed E-state index contributed by atoms with van der Waals surface area (Å²) in [4.78, 5) is 18.7. The minimum absolute atomic E-state index is 0.00355. The number of aromatic nitrogens is 5. The Kier molecular flexibility index (Phi) is 5.61. The fourth-order valence-electron chi connectivity index (χ4n) is 3.74. The van der Waals surface area contributed by atoms with Gasteiger partial charge in [0.15, 0.2) is 5.82 Å². The van der Waals surface area contributed by atoms with Gasteiger partial charge in [0.25, 0.3) is 5.56 Å². The molecule has 0 unspecified atom stereocenters. The summed E-state index contributed by atoms with van der Waals surface area (Å²) in [6.07, 6.45) is 5.46. The average molecular weight is 405 g/mol. The van der Waals surface area contributed by atoms with Crippen LogP contribution in [0.4, 0.5) is 5.82 Å². The molecule has 0 aliphatic carbocycles. The zero-order valence-electron chi connectivity index (χ0n) is 17.8. The van der Waals surface area contributed by atoms with Gasteiger partial charge in [-0.25, -0.2) is 4.68 Å². The van der Waals surface area contributed by atoms with Crippen LogP contribution in [-0.2, 0) is 12.0 Å². The van der Waals surface area contributed by atoms with E-state index in [1.807, 2.05) is 12.1 Å². The van der Waals surface area contributed by atoms with Crippen LogP contribution in [0.1, 0.15) is 39.3 Å². The van der Waals surface area contributed by atoms with Gasteiger partial charge in [0, 0.05) is 49.1 Å². The van der Waals surface area contributed by atoms with Crippen molar-refractivity contribution in [3.63, 3.8) is 0 Å². The lowest BCUT2D eigenvalue weighted by atomic mass is 9.92. The van der Waals surface area contributed by atoms with Crippen LogP contribution in [-0.4, -0.2) is 38.1 Å². The van der Waals surface area contributed by atoms with Crippen LogP contribution in [0, 0.1) is 5.92 Å². The van der Waals surface area contributed by atoms with Gasteiger partial charge in [-0.2, -0.15) is 10.2 Å². The fraction of sp³-hybridized carbons (Fsp3) is 0.435. The third kappa shape index (κ3) is 4.56. The van der Waals surface area contributed by atoms with Crippen molar-refractivity contribution in [2.24, 2.45) is 5.92 Å². The maximum absolute atomic E-state index is 12.3. The zero-order chi connectivity index (χ0) is 21.1. The van der Waals surface area contributed by atoms with Crippen LogP contribution >= 0.6 is 0 Å². The highest BCUT2D eigenvalue weighted by molar-refractivity contribution is 5.57. The minimum Gasteiger partial charge on any atom is -0.355 e. The average Bonchev–Trinajstić information content (AvgIpc) is 2.76. The van der Waals surface area contributed by atoms with Gasteiger partial charge in [0.2, 0.25) is 0 Å². The smallest absolute Gasteiger partial charge is 0.266 e. The Bertz CT molecular complexity index is 1030. The van der Waals surface area contributed by atoms with Crippen LogP contribution < -0.4 is 10.5 Å². The van der Waals surface area contributed by atoms with Gasteiger partial charge in [-0.15, -0.1) is 5.10 Å². The molecule has 4 rings (SSSR count). The van der Waals surface area contributed by atoms with E-state index in [-0.39, 0.29) is 11.0 Å². The summed E-state index contributed by atoms with van der Waals surface area (Å²) in [5, 5.41) is 13.4. The monoisotopic (exact) mass is 404 g/mol. The molecular weight excluding hydrogens is 376 g/mol. The molecule has 0 bridgehead atoms. The number of hydrogen-bond acceptors (Lipinski definition) is 6. The van der Waals surface area contributed by atoms with Gasteiger partial charge >= 0.3 is 0 Å². The molecule has 0 atom stereocenters. The second-order valence-electron chi connectivity index (χ2n) is 8.93. The van der Waals surface area contributed by atoms with Crippen molar-refractivity contribution in [1.29, 1.82) is 0 Å². The van der Waals surface area contributed by atoms with Crippen LogP contribution in [0.5, 0.6) is 0 Å².